The SMILES string of the molecule is CCCCCCCCCCCCOC(=O)C1=C(C)[NH2+]C(C)=C(C(=O)OCCCCCCCCCCCC)C1c1ccc[n+](C)c1.[I-].[I-]. The number of aryl methyl sites for hydroxylation is 1. The number of carbonyl (C=O) groups excluding carboxylic acids is 2. The first-order chi connectivity index (χ1) is 21.9. The molecular weight excluding hydrogens is 814 g/mol. The van der Waals surface area contributed by atoms with Crippen LogP contribution >= 0.6 is 0 Å². The highest BCUT2D eigenvalue weighted by Crippen LogP contribution is 2.36. The normalized spacial score (nSPS) is 13.3. The van der Waals surface area contributed by atoms with Gasteiger partial charge in [-0.2, -0.15) is 0 Å². The van der Waals surface area contributed by atoms with E-state index in [0.717, 1.165) is 42.6 Å². The smallest absolute Gasteiger partial charge is 0.340 e. The van der Waals surface area contributed by atoms with Crippen molar-refractivity contribution < 1.29 is 76.9 Å². The lowest BCUT2D eigenvalue weighted by Crippen LogP contribution is -3.00. The number of quaternary nitrogens is 1. The average molecular weight is 881 g/mol. The molecule has 47 heavy (non-hydrogen) atoms. The highest BCUT2D eigenvalue weighted by atomic mass is 127. The van der Waals surface area contributed by atoms with E-state index in [1.54, 1.807) is 0 Å². The Morgan fingerprint density at radius 2 is 1.00 bits per heavy atom. The summed E-state index contributed by atoms with van der Waals surface area (Å²) in [5.41, 5.74) is 3.68. The molecule has 1 aromatic heterocycles. The van der Waals surface area contributed by atoms with Crippen LogP contribution in [-0.4, -0.2) is 25.2 Å². The van der Waals surface area contributed by atoms with Crippen molar-refractivity contribution in [3.8, 4) is 0 Å². The molecule has 1 aliphatic rings. The van der Waals surface area contributed by atoms with Gasteiger partial charge in [-0.05, 0) is 18.9 Å². The largest absolute Gasteiger partial charge is 1.00 e. The lowest BCUT2D eigenvalue weighted by atomic mass is 9.81. The van der Waals surface area contributed by atoms with Gasteiger partial charge in [0.15, 0.2) is 12.4 Å². The summed E-state index contributed by atoms with van der Waals surface area (Å²) in [6.07, 6.45) is 28.6. The fourth-order valence-corrected chi connectivity index (χ4v) is 6.42. The van der Waals surface area contributed by atoms with Crippen LogP contribution < -0.4 is 57.8 Å². The van der Waals surface area contributed by atoms with Crippen molar-refractivity contribution in [3.05, 3.63) is 52.6 Å². The minimum atomic E-state index is -0.511. The third-order valence-electron chi connectivity index (χ3n) is 9.06. The molecular formula is C39H66I2N2O4. The van der Waals surface area contributed by atoms with Crippen LogP contribution in [0.2, 0.25) is 0 Å². The van der Waals surface area contributed by atoms with Gasteiger partial charge in [0.2, 0.25) is 0 Å². The first kappa shape index (κ1) is 46.0. The second-order valence-corrected chi connectivity index (χ2v) is 13.2. The number of allylic oxidation sites excluding steroid dienone is 2. The molecule has 2 rings (SSSR count). The fourth-order valence-electron chi connectivity index (χ4n) is 6.42. The molecule has 0 saturated carbocycles. The number of halogens is 2. The van der Waals surface area contributed by atoms with E-state index in [1.165, 1.54) is 103 Å². The van der Waals surface area contributed by atoms with Crippen molar-refractivity contribution in [2.75, 3.05) is 13.2 Å². The number of unbranched alkanes of at least 4 members (excludes halogenated alkanes) is 18. The van der Waals surface area contributed by atoms with Crippen LogP contribution in [0.15, 0.2) is 47.1 Å². The maximum Gasteiger partial charge on any atom is 0.340 e. The zero-order valence-corrected chi connectivity index (χ0v) is 34.7. The molecule has 2 heterocycles. The van der Waals surface area contributed by atoms with Crippen LogP contribution in [0, 0.1) is 0 Å². The van der Waals surface area contributed by atoms with Gasteiger partial charge >= 0.3 is 11.9 Å². The zero-order chi connectivity index (χ0) is 32.7. The van der Waals surface area contributed by atoms with Gasteiger partial charge < -0.3 is 57.4 Å². The van der Waals surface area contributed by atoms with Crippen molar-refractivity contribution in [2.24, 2.45) is 7.05 Å². The molecule has 0 atom stereocenters. The van der Waals surface area contributed by atoms with Crippen LogP contribution in [0.1, 0.15) is 168 Å². The maximum atomic E-state index is 13.6. The molecule has 6 nitrogen and oxygen atoms in total. The topological polar surface area (TPSA) is 73.1 Å². The zero-order valence-electron chi connectivity index (χ0n) is 30.4. The van der Waals surface area contributed by atoms with Crippen LogP contribution in [-0.2, 0) is 26.1 Å². The summed E-state index contributed by atoms with van der Waals surface area (Å²) in [5, 5.41) is 1.94. The van der Waals surface area contributed by atoms with Gasteiger partial charge in [-0.15, -0.1) is 0 Å². The Bertz CT molecular complexity index is 1010. The van der Waals surface area contributed by atoms with E-state index in [2.05, 4.69) is 13.8 Å². The van der Waals surface area contributed by atoms with Crippen LogP contribution in [0.5, 0.6) is 0 Å². The molecule has 0 unspecified atom stereocenters. The number of ether oxygens (including phenoxy) is 2. The summed E-state index contributed by atoms with van der Waals surface area (Å²) in [4.78, 5) is 27.2. The predicted molar refractivity (Wildman–Crippen MR) is 183 cm³/mol. The highest BCUT2D eigenvalue weighted by molar-refractivity contribution is 5.99. The number of nitrogens with zero attached hydrogens (tertiary/aromatic N) is 1. The Balaban J connectivity index is 0.0000106. The minimum Gasteiger partial charge on any atom is -1.00 e. The molecule has 1 aromatic rings. The molecule has 0 aromatic carbocycles. The standard InChI is InChI=1S/C39H64N2O4.2HI/c1-6-8-10-12-14-16-18-20-22-24-29-44-38(42)35-32(3)40-33(4)36(37(35)34-27-26-28-41(5)31-34)39(43)45-30-25-23-21-19-17-15-13-11-9-7-2;;/h26-28,31,37H,6-25,29-30H2,1-5H3;2*1H. The van der Waals surface area contributed by atoms with Crippen LogP contribution in [0.4, 0.5) is 0 Å². The third-order valence-corrected chi connectivity index (χ3v) is 9.06. The third kappa shape index (κ3) is 18.5. The van der Waals surface area contributed by atoms with E-state index in [-0.39, 0.29) is 59.9 Å². The fraction of sp³-hybridized carbons (Fsp3) is 0.718. The number of esters is 2. The van der Waals surface area contributed by atoms with Gasteiger partial charge in [0.25, 0.3) is 0 Å². The van der Waals surface area contributed by atoms with Crippen molar-refractivity contribution in [2.45, 2.75) is 162 Å². The number of hydrogen-bond donors (Lipinski definition) is 1. The predicted octanol–water partition coefficient (Wildman–Crippen LogP) is 2.66. The van der Waals surface area contributed by atoms with E-state index in [4.69, 9.17) is 9.47 Å². The second kappa shape index (κ2) is 28.8. The average Bonchev–Trinajstić information content (AvgIpc) is 3.01. The van der Waals surface area contributed by atoms with E-state index < -0.39 is 5.92 Å². The molecule has 0 spiro atoms. The number of nitrogens with two attached hydrogens (primary N) is 1. The Morgan fingerprint density at radius 1 is 0.638 bits per heavy atom. The van der Waals surface area contributed by atoms with Crippen LogP contribution in [0.25, 0.3) is 0 Å². The van der Waals surface area contributed by atoms with Crippen molar-refractivity contribution in [3.63, 3.8) is 0 Å². The summed E-state index contributed by atoms with van der Waals surface area (Å²) in [6, 6.07) is 3.94. The molecule has 0 fully saturated rings. The lowest BCUT2D eigenvalue weighted by Gasteiger charge is -2.26. The van der Waals surface area contributed by atoms with Crippen molar-refractivity contribution in [1.82, 2.24) is 0 Å². The molecule has 0 saturated heterocycles. The Hall–Kier alpha value is -1.01. The van der Waals surface area contributed by atoms with Gasteiger partial charge in [-0.1, -0.05) is 129 Å². The number of hydrogen-bond acceptors (Lipinski definition) is 4. The number of aromatic nitrogens is 1. The molecule has 0 bridgehead atoms. The number of pyridine rings is 1. The molecule has 0 aliphatic carbocycles. The van der Waals surface area contributed by atoms with Gasteiger partial charge in [0.1, 0.15) is 29.6 Å². The maximum absolute atomic E-state index is 13.6. The Kier molecular flexibility index (Phi) is 28.2. The first-order valence-corrected chi connectivity index (χ1v) is 18.5. The summed E-state index contributed by atoms with van der Waals surface area (Å²) in [5.74, 6) is -1.17. The van der Waals surface area contributed by atoms with Crippen molar-refractivity contribution in [1.29, 1.82) is 0 Å². The monoisotopic (exact) mass is 880 g/mol. The Morgan fingerprint density at radius 3 is 1.36 bits per heavy atom. The number of carbonyl (C=O) groups is 2. The second-order valence-electron chi connectivity index (χ2n) is 13.2. The molecule has 0 amide bonds. The number of rotatable bonds is 25. The molecule has 270 valence electrons. The summed E-state index contributed by atoms with van der Waals surface area (Å²) in [7, 11) is 1.96. The Labute approximate surface area is 321 Å². The molecule has 1 aliphatic heterocycles. The summed E-state index contributed by atoms with van der Waals surface area (Å²) >= 11 is 0. The van der Waals surface area contributed by atoms with E-state index in [9.17, 15) is 9.59 Å². The van der Waals surface area contributed by atoms with E-state index in [1.807, 2.05) is 55.3 Å². The summed E-state index contributed by atoms with van der Waals surface area (Å²) in [6.45, 7) is 9.21. The first-order valence-electron chi connectivity index (χ1n) is 18.5. The summed E-state index contributed by atoms with van der Waals surface area (Å²) < 4.78 is 13.6. The van der Waals surface area contributed by atoms with Crippen LogP contribution in [0.3, 0.4) is 0 Å². The minimum absolute atomic E-state index is 0. The van der Waals surface area contributed by atoms with Gasteiger partial charge in [-0.25, -0.2) is 14.2 Å². The molecule has 8 heteroatoms. The van der Waals surface area contributed by atoms with Gasteiger partial charge in [0, 0.05) is 25.5 Å². The van der Waals surface area contributed by atoms with Gasteiger partial charge in [0.05, 0.1) is 19.1 Å². The molecule has 2 N–H and O–H groups in total. The highest BCUT2D eigenvalue weighted by Gasteiger charge is 2.41. The van der Waals surface area contributed by atoms with Crippen molar-refractivity contribution >= 4 is 11.9 Å². The van der Waals surface area contributed by atoms with E-state index in [0.29, 0.717) is 24.4 Å². The molecule has 0 radical (unpaired) electrons. The van der Waals surface area contributed by atoms with E-state index >= 15 is 0 Å². The van der Waals surface area contributed by atoms with Gasteiger partial charge in [-0.3, -0.25) is 5.32 Å². The lowest BCUT2D eigenvalue weighted by molar-refractivity contribution is -0.672. The quantitative estimate of drug-likeness (QED) is 0.0711.